The van der Waals surface area contributed by atoms with Crippen molar-refractivity contribution < 1.29 is 22.3 Å². The van der Waals surface area contributed by atoms with Crippen LogP contribution in [0.4, 0.5) is 4.39 Å². The van der Waals surface area contributed by atoms with Gasteiger partial charge >= 0.3 is 0 Å². The summed E-state index contributed by atoms with van der Waals surface area (Å²) in [5.41, 5.74) is 0. The fourth-order valence-electron chi connectivity index (χ4n) is 4.48. The number of nitrogens with zero attached hydrogens (tertiary/aromatic N) is 1. The second-order valence-corrected chi connectivity index (χ2v) is 9.88. The van der Waals surface area contributed by atoms with E-state index >= 15 is 0 Å². The fraction of sp³-hybridized carbons (Fsp3) is 0.650. The van der Waals surface area contributed by atoms with Gasteiger partial charge in [-0.05, 0) is 36.8 Å². The summed E-state index contributed by atoms with van der Waals surface area (Å²) in [6.45, 7) is 1.84. The molecule has 1 aliphatic heterocycles. The van der Waals surface area contributed by atoms with Crippen LogP contribution in [0.25, 0.3) is 0 Å². The van der Waals surface area contributed by atoms with Crippen LogP contribution in [0.1, 0.15) is 19.3 Å². The van der Waals surface area contributed by atoms with Gasteiger partial charge in [0.25, 0.3) is 0 Å². The number of alkyl halides is 1. The Morgan fingerprint density at radius 1 is 1.21 bits per heavy atom. The third-order valence-corrected chi connectivity index (χ3v) is 7.67. The number of ether oxygens (including phenoxy) is 1. The molecule has 1 heterocycles. The molecule has 0 bridgehead atoms. The van der Waals surface area contributed by atoms with Crippen LogP contribution in [0.3, 0.4) is 0 Å². The van der Waals surface area contributed by atoms with E-state index in [1.807, 2.05) is 0 Å². The number of carbonyl (C=O) groups is 1. The van der Waals surface area contributed by atoms with Gasteiger partial charge in [0.2, 0.25) is 5.91 Å². The Kier molecular flexibility index (Phi) is 7.06. The Morgan fingerprint density at radius 2 is 1.89 bits per heavy atom. The van der Waals surface area contributed by atoms with Crippen molar-refractivity contribution in [2.45, 2.75) is 36.3 Å². The summed E-state index contributed by atoms with van der Waals surface area (Å²) in [5.74, 6) is 0.381. The summed E-state index contributed by atoms with van der Waals surface area (Å²) in [6.07, 6.45) is 1.44. The minimum atomic E-state index is -3.48. The van der Waals surface area contributed by atoms with E-state index in [1.54, 1.807) is 37.4 Å². The van der Waals surface area contributed by atoms with Gasteiger partial charge in [-0.25, -0.2) is 12.8 Å². The van der Waals surface area contributed by atoms with Gasteiger partial charge < -0.3 is 15.0 Å². The lowest BCUT2D eigenvalue weighted by atomic mass is 9.77. The summed E-state index contributed by atoms with van der Waals surface area (Å²) in [4.78, 5) is 14.8. The molecule has 3 rings (SSSR count). The predicted molar refractivity (Wildman–Crippen MR) is 104 cm³/mol. The summed E-state index contributed by atoms with van der Waals surface area (Å²) in [5, 5.41) is 2.98. The van der Waals surface area contributed by atoms with Crippen LogP contribution in [0.2, 0.25) is 0 Å². The molecule has 6 nitrogen and oxygen atoms in total. The minimum Gasteiger partial charge on any atom is -0.379 e. The Bertz CT molecular complexity index is 759. The van der Waals surface area contributed by atoms with Gasteiger partial charge in [0.1, 0.15) is 6.67 Å². The fourth-order valence-corrected chi connectivity index (χ4v) is 5.74. The third-order valence-electron chi connectivity index (χ3n) is 5.94. The number of rotatable bonds is 8. The van der Waals surface area contributed by atoms with E-state index in [9.17, 15) is 17.6 Å². The first-order valence-corrected chi connectivity index (χ1v) is 11.5. The molecule has 2 aliphatic rings. The molecule has 28 heavy (non-hydrogen) atoms. The van der Waals surface area contributed by atoms with Crippen LogP contribution in [-0.4, -0.2) is 70.5 Å². The first-order chi connectivity index (χ1) is 13.4. The summed E-state index contributed by atoms with van der Waals surface area (Å²) in [7, 11) is -1.84. The number of sulfone groups is 1. The maximum atomic E-state index is 12.6. The lowest BCUT2D eigenvalue weighted by molar-refractivity contribution is -0.123. The van der Waals surface area contributed by atoms with Gasteiger partial charge in [0.05, 0.1) is 22.8 Å². The van der Waals surface area contributed by atoms with E-state index in [0.717, 1.165) is 25.9 Å². The smallest absolute Gasteiger partial charge is 0.221 e. The quantitative estimate of drug-likeness (QED) is 0.703. The molecule has 1 saturated heterocycles. The molecule has 1 saturated carbocycles. The Balaban J connectivity index is 1.54. The van der Waals surface area contributed by atoms with E-state index in [4.69, 9.17) is 4.74 Å². The zero-order valence-corrected chi connectivity index (χ0v) is 17.0. The van der Waals surface area contributed by atoms with E-state index in [0.29, 0.717) is 18.4 Å². The normalized spacial score (nSPS) is 28.1. The molecule has 4 atom stereocenters. The second kappa shape index (κ2) is 9.33. The number of nitrogens with one attached hydrogen (secondary N) is 1. The first kappa shape index (κ1) is 21.2. The highest BCUT2D eigenvalue weighted by Crippen LogP contribution is 2.37. The molecule has 0 aromatic heterocycles. The average Bonchev–Trinajstić information content (AvgIpc) is 3.08. The highest BCUT2D eigenvalue weighted by molar-refractivity contribution is 7.91. The second-order valence-electron chi connectivity index (χ2n) is 7.77. The zero-order valence-electron chi connectivity index (χ0n) is 16.2. The van der Waals surface area contributed by atoms with Crippen molar-refractivity contribution in [1.29, 1.82) is 0 Å². The van der Waals surface area contributed by atoms with Crippen LogP contribution < -0.4 is 5.32 Å². The largest absolute Gasteiger partial charge is 0.379 e. The van der Waals surface area contributed by atoms with Gasteiger partial charge in [0.15, 0.2) is 9.84 Å². The van der Waals surface area contributed by atoms with Crippen molar-refractivity contribution >= 4 is 15.7 Å². The highest BCUT2D eigenvalue weighted by atomic mass is 32.2. The molecule has 156 valence electrons. The van der Waals surface area contributed by atoms with Crippen molar-refractivity contribution in [1.82, 2.24) is 10.2 Å². The van der Waals surface area contributed by atoms with E-state index in [1.165, 1.54) is 0 Å². The Morgan fingerprint density at radius 3 is 2.54 bits per heavy atom. The zero-order chi connectivity index (χ0) is 20.1. The molecule has 1 aromatic carbocycles. The molecule has 0 radical (unpaired) electrons. The first-order valence-electron chi connectivity index (χ1n) is 9.81. The van der Waals surface area contributed by atoms with Gasteiger partial charge in [-0.15, -0.1) is 0 Å². The van der Waals surface area contributed by atoms with Gasteiger partial charge in [0, 0.05) is 33.2 Å². The number of likely N-dealkylation sites (tertiary alicyclic amines) is 1. The number of methoxy groups -OCH3 is 1. The highest BCUT2D eigenvalue weighted by Gasteiger charge is 2.42. The Labute approximate surface area is 166 Å². The SMILES string of the molecule is CO[C@H]1C[C@@H]2CN(CCF)C[C@@H]2C[C@@H]1NC(=O)CCS(=O)(=O)c1ccccc1. The molecular formula is C20H29FN2O4S. The molecule has 1 aliphatic carbocycles. The number of halogens is 1. The lowest BCUT2D eigenvalue weighted by Gasteiger charge is -2.37. The number of amides is 1. The molecule has 0 spiro atoms. The minimum absolute atomic E-state index is 0.0771. The maximum Gasteiger partial charge on any atom is 0.221 e. The topological polar surface area (TPSA) is 75.7 Å². The summed E-state index contributed by atoms with van der Waals surface area (Å²) < 4.78 is 43.0. The van der Waals surface area contributed by atoms with E-state index in [-0.39, 0.29) is 41.8 Å². The third kappa shape index (κ3) is 5.10. The van der Waals surface area contributed by atoms with E-state index < -0.39 is 9.84 Å². The maximum absolute atomic E-state index is 12.6. The molecule has 0 unspecified atom stereocenters. The molecular weight excluding hydrogens is 383 g/mol. The number of benzene rings is 1. The van der Waals surface area contributed by atoms with Crippen molar-refractivity contribution in [3.63, 3.8) is 0 Å². The molecule has 8 heteroatoms. The van der Waals surface area contributed by atoms with E-state index in [2.05, 4.69) is 10.2 Å². The lowest BCUT2D eigenvalue weighted by Crippen LogP contribution is -2.50. The van der Waals surface area contributed by atoms with Crippen LogP contribution in [-0.2, 0) is 19.4 Å². The molecule has 2 fully saturated rings. The van der Waals surface area contributed by atoms with Crippen molar-refractivity contribution in [2.75, 3.05) is 39.2 Å². The van der Waals surface area contributed by atoms with Gasteiger partial charge in [-0.1, -0.05) is 18.2 Å². The number of carbonyl (C=O) groups excluding carboxylic acids is 1. The molecule has 1 aromatic rings. The van der Waals surface area contributed by atoms with Crippen molar-refractivity contribution in [3.8, 4) is 0 Å². The molecule has 1 amide bonds. The van der Waals surface area contributed by atoms with Gasteiger partial charge in [-0.3, -0.25) is 4.79 Å². The predicted octanol–water partition coefficient (Wildman–Crippen LogP) is 1.66. The van der Waals surface area contributed by atoms with Crippen LogP contribution in [0.5, 0.6) is 0 Å². The average molecular weight is 413 g/mol. The number of hydrogen-bond donors (Lipinski definition) is 1. The van der Waals surface area contributed by atoms with Crippen LogP contribution >= 0.6 is 0 Å². The van der Waals surface area contributed by atoms with Crippen LogP contribution in [0, 0.1) is 11.8 Å². The summed E-state index contributed by atoms with van der Waals surface area (Å²) in [6, 6.07) is 8.04. The standard InChI is InChI=1S/C20H29FN2O4S/c1-27-19-12-16-14-23(9-8-21)13-15(16)11-18(19)22-20(24)7-10-28(25,26)17-5-3-2-4-6-17/h2-6,15-16,18-19H,7-14H2,1H3,(H,22,24)/t15-,16+,18-,19-/m0/s1. The number of hydrogen-bond acceptors (Lipinski definition) is 5. The molecule has 1 N–H and O–H groups in total. The summed E-state index contributed by atoms with van der Waals surface area (Å²) >= 11 is 0. The van der Waals surface area contributed by atoms with Crippen LogP contribution in [0.15, 0.2) is 35.2 Å². The number of fused-ring (bicyclic) bond motifs is 1. The monoisotopic (exact) mass is 412 g/mol. The van der Waals surface area contributed by atoms with Crippen molar-refractivity contribution in [2.24, 2.45) is 11.8 Å². The Hall–Kier alpha value is -1.51. The van der Waals surface area contributed by atoms with Gasteiger partial charge in [-0.2, -0.15) is 0 Å². The van der Waals surface area contributed by atoms with Crippen molar-refractivity contribution in [3.05, 3.63) is 30.3 Å².